The summed E-state index contributed by atoms with van der Waals surface area (Å²) in [6.45, 7) is 1.72. The van der Waals surface area contributed by atoms with Crippen molar-refractivity contribution in [3.05, 3.63) is 16.0 Å². The van der Waals surface area contributed by atoms with E-state index >= 15 is 0 Å². The van der Waals surface area contributed by atoms with Crippen LogP contribution in [0.2, 0.25) is 0 Å². The van der Waals surface area contributed by atoms with Gasteiger partial charge in [-0.2, -0.15) is 0 Å². The summed E-state index contributed by atoms with van der Waals surface area (Å²) in [6, 6.07) is 0. The monoisotopic (exact) mass is 347 g/mol. The van der Waals surface area contributed by atoms with Gasteiger partial charge in [0, 0.05) is 4.88 Å². The number of alkyl halides is 2. The number of carbonyl (C=O) groups excluding carboxylic acids is 2. The molecule has 1 saturated carbocycles. The van der Waals surface area contributed by atoms with Crippen molar-refractivity contribution in [1.29, 1.82) is 0 Å². The van der Waals surface area contributed by atoms with Crippen LogP contribution in [0.1, 0.15) is 40.6 Å². The van der Waals surface area contributed by atoms with Crippen LogP contribution in [-0.4, -0.2) is 23.3 Å². The lowest BCUT2D eigenvalue weighted by Gasteiger charge is -2.13. The summed E-state index contributed by atoms with van der Waals surface area (Å²) in [5.74, 6) is -0.661. The number of carbonyl (C=O) groups is 2. The standard InChI is InChI=1S/C14H15Cl2NO3S/c1-13(6-14(13,15)16)12(19)17-10-9(11(18)20-2)7-4-3-5-8(7)21-10/h3-6H2,1-2H3,(H,17,19)/t13-/m1/s1. The quantitative estimate of drug-likeness (QED) is 0.671. The highest BCUT2D eigenvalue weighted by Crippen LogP contribution is 2.64. The molecule has 0 radical (unpaired) electrons. The molecule has 0 aromatic carbocycles. The minimum atomic E-state index is -1.03. The maximum atomic E-state index is 12.4. The highest BCUT2D eigenvalue weighted by molar-refractivity contribution is 7.17. The fourth-order valence-corrected chi connectivity index (χ4v) is 4.68. The number of halogens is 2. The second-order valence-corrected chi connectivity index (χ2v) is 8.31. The lowest BCUT2D eigenvalue weighted by Crippen LogP contribution is -2.26. The van der Waals surface area contributed by atoms with E-state index in [9.17, 15) is 9.59 Å². The average Bonchev–Trinajstić information content (AvgIpc) is 2.76. The number of esters is 1. The number of thiophene rings is 1. The van der Waals surface area contributed by atoms with Crippen molar-refractivity contribution < 1.29 is 14.3 Å². The first kappa shape index (κ1) is 15.1. The first-order chi connectivity index (χ1) is 9.80. The molecule has 1 atom stereocenters. The number of ether oxygens (including phenoxy) is 1. The molecule has 1 aromatic heterocycles. The molecule has 0 aliphatic heterocycles. The molecule has 1 fully saturated rings. The van der Waals surface area contributed by atoms with E-state index in [-0.39, 0.29) is 5.91 Å². The van der Waals surface area contributed by atoms with Crippen LogP contribution in [0.15, 0.2) is 0 Å². The van der Waals surface area contributed by atoms with Gasteiger partial charge in [-0.3, -0.25) is 4.79 Å². The van der Waals surface area contributed by atoms with Crippen LogP contribution in [0, 0.1) is 5.41 Å². The summed E-state index contributed by atoms with van der Waals surface area (Å²) in [7, 11) is 1.34. The molecule has 7 heteroatoms. The predicted octanol–water partition coefficient (Wildman–Crippen LogP) is 3.55. The zero-order chi connectivity index (χ0) is 15.4. The van der Waals surface area contributed by atoms with Crippen LogP contribution in [-0.2, 0) is 22.4 Å². The summed E-state index contributed by atoms with van der Waals surface area (Å²) >= 11 is 13.5. The summed E-state index contributed by atoms with van der Waals surface area (Å²) in [5.41, 5.74) is 0.686. The van der Waals surface area contributed by atoms with Gasteiger partial charge in [0.15, 0.2) is 0 Å². The third kappa shape index (κ3) is 2.26. The third-order valence-corrected chi connectivity index (χ3v) is 6.61. The normalized spacial score (nSPS) is 25.3. The van der Waals surface area contributed by atoms with Gasteiger partial charge in [-0.1, -0.05) is 0 Å². The van der Waals surface area contributed by atoms with E-state index in [2.05, 4.69) is 5.32 Å². The number of rotatable bonds is 3. The molecule has 3 rings (SSSR count). The Morgan fingerprint density at radius 3 is 2.57 bits per heavy atom. The number of nitrogens with one attached hydrogen (secondary N) is 1. The SMILES string of the molecule is COC(=O)c1c(NC(=O)[C@@]2(C)CC2(Cl)Cl)sc2c1CCC2. The van der Waals surface area contributed by atoms with Gasteiger partial charge in [0.25, 0.3) is 0 Å². The molecule has 1 aromatic rings. The molecule has 1 heterocycles. The summed E-state index contributed by atoms with van der Waals surface area (Å²) in [6.07, 6.45) is 3.22. The van der Waals surface area contributed by atoms with Crippen LogP contribution in [0.25, 0.3) is 0 Å². The smallest absolute Gasteiger partial charge is 0.341 e. The van der Waals surface area contributed by atoms with E-state index < -0.39 is 15.7 Å². The first-order valence-electron chi connectivity index (χ1n) is 6.72. The van der Waals surface area contributed by atoms with Gasteiger partial charge in [-0.15, -0.1) is 34.5 Å². The van der Waals surface area contributed by atoms with Crippen molar-refractivity contribution in [2.24, 2.45) is 5.41 Å². The maximum Gasteiger partial charge on any atom is 0.341 e. The molecule has 0 spiro atoms. The summed E-state index contributed by atoms with van der Waals surface area (Å²) in [4.78, 5) is 25.5. The molecule has 1 N–H and O–H groups in total. The van der Waals surface area contributed by atoms with Gasteiger partial charge in [0.2, 0.25) is 5.91 Å². The van der Waals surface area contributed by atoms with Crippen LogP contribution in [0.4, 0.5) is 5.00 Å². The van der Waals surface area contributed by atoms with Gasteiger partial charge in [0.05, 0.1) is 18.1 Å². The molecule has 114 valence electrons. The highest BCUT2D eigenvalue weighted by Gasteiger charge is 2.68. The van der Waals surface area contributed by atoms with Crippen LogP contribution in [0.5, 0.6) is 0 Å². The van der Waals surface area contributed by atoms with Gasteiger partial charge in [-0.25, -0.2) is 4.79 Å². The second-order valence-electron chi connectivity index (χ2n) is 5.72. The molecular formula is C14H15Cl2NO3S. The predicted molar refractivity (Wildman–Crippen MR) is 83.5 cm³/mol. The van der Waals surface area contributed by atoms with Crippen molar-refractivity contribution in [2.45, 2.75) is 36.9 Å². The van der Waals surface area contributed by atoms with Crippen molar-refractivity contribution in [1.82, 2.24) is 0 Å². The van der Waals surface area contributed by atoms with E-state index in [4.69, 9.17) is 27.9 Å². The van der Waals surface area contributed by atoms with Gasteiger partial charge in [-0.05, 0) is 38.2 Å². The molecule has 1 amide bonds. The Morgan fingerprint density at radius 1 is 1.33 bits per heavy atom. The minimum absolute atomic E-state index is 0.252. The van der Waals surface area contributed by atoms with Gasteiger partial charge in [0.1, 0.15) is 9.33 Å². The molecule has 0 bridgehead atoms. The molecule has 21 heavy (non-hydrogen) atoms. The van der Waals surface area contributed by atoms with Crippen molar-refractivity contribution >= 4 is 51.4 Å². The van der Waals surface area contributed by atoms with E-state index in [1.807, 2.05) is 0 Å². The van der Waals surface area contributed by atoms with Crippen LogP contribution in [0.3, 0.4) is 0 Å². The fraction of sp³-hybridized carbons (Fsp3) is 0.571. The van der Waals surface area contributed by atoms with Crippen LogP contribution >= 0.6 is 34.5 Å². The zero-order valence-corrected chi connectivity index (χ0v) is 14.0. The summed E-state index contributed by atoms with van der Waals surface area (Å²) in [5, 5.41) is 3.37. The largest absolute Gasteiger partial charge is 0.465 e. The van der Waals surface area contributed by atoms with Gasteiger partial charge >= 0.3 is 5.97 Å². The van der Waals surface area contributed by atoms with Crippen molar-refractivity contribution in [3.8, 4) is 0 Å². The maximum absolute atomic E-state index is 12.4. The van der Waals surface area contributed by atoms with Crippen molar-refractivity contribution in [2.75, 3.05) is 12.4 Å². The Hall–Kier alpha value is -0.780. The number of anilines is 1. The Labute approximate surface area is 136 Å². The van der Waals surface area contributed by atoms with E-state index in [1.165, 1.54) is 18.4 Å². The van der Waals surface area contributed by atoms with E-state index in [1.54, 1.807) is 6.92 Å². The number of hydrogen-bond acceptors (Lipinski definition) is 4. The first-order valence-corrected chi connectivity index (χ1v) is 8.29. The number of fused-ring (bicyclic) bond motifs is 1. The average molecular weight is 348 g/mol. The molecule has 0 saturated heterocycles. The molecule has 4 nitrogen and oxygen atoms in total. The Bertz CT molecular complexity index is 640. The number of aryl methyl sites for hydroxylation is 1. The third-order valence-electron chi connectivity index (χ3n) is 4.30. The Balaban J connectivity index is 1.90. The molecular weight excluding hydrogens is 333 g/mol. The molecule has 0 unspecified atom stereocenters. The Kier molecular flexibility index (Phi) is 3.50. The lowest BCUT2D eigenvalue weighted by molar-refractivity contribution is -0.120. The topological polar surface area (TPSA) is 55.4 Å². The second kappa shape index (κ2) is 4.86. The number of hydrogen-bond donors (Lipinski definition) is 1. The van der Waals surface area contributed by atoms with Crippen molar-refractivity contribution in [3.63, 3.8) is 0 Å². The van der Waals surface area contributed by atoms with Gasteiger partial charge < -0.3 is 10.1 Å². The molecule has 2 aliphatic rings. The Morgan fingerprint density at radius 2 is 2.00 bits per heavy atom. The van der Waals surface area contributed by atoms with E-state index in [0.717, 1.165) is 29.7 Å². The number of methoxy groups -OCH3 is 1. The van der Waals surface area contributed by atoms with E-state index in [0.29, 0.717) is 17.0 Å². The highest BCUT2D eigenvalue weighted by atomic mass is 35.5. The minimum Gasteiger partial charge on any atom is -0.465 e. The number of amides is 1. The summed E-state index contributed by atoms with van der Waals surface area (Å²) < 4.78 is 3.82. The van der Waals surface area contributed by atoms with Crippen LogP contribution < -0.4 is 5.32 Å². The zero-order valence-electron chi connectivity index (χ0n) is 11.7. The fourth-order valence-electron chi connectivity index (χ4n) is 2.70. The lowest BCUT2D eigenvalue weighted by atomic mass is 10.1. The molecule has 2 aliphatic carbocycles.